The van der Waals surface area contributed by atoms with Crippen LogP contribution in [0.5, 0.6) is 5.75 Å². The van der Waals surface area contributed by atoms with E-state index in [4.69, 9.17) is 4.74 Å². The van der Waals surface area contributed by atoms with Gasteiger partial charge in [-0.1, -0.05) is 12.1 Å². The van der Waals surface area contributed by atoms with Gasteiger partial charge in [-0.3, -0.25) is 0 Å². The van der Waals surface area contributed by atoms with Crippen LogP contribution >= 0.6 is 15.9 Å². The highest BCUT2D eigenvalue weighted by molar-refractivity contribution is 9.10. The van der Waals surface area contributed by atoms with Gasteiger partial charge >= 0.3 is 0 Å². The van der Waals surface area contributed by atoms with Crippen molar-refractivity contribution >= 4 is 15.9 Å². The van der Waals surface area contributed by atoms with E-state index in [-0.39, 0.29) is 4.60 Å². The molecule has 2 aromatic rings. The number of benzene rings is 1. The molecule has 0 fully saturated rings. The molecule has 0 amide bonds. The summed E-state index contributed by atoms with van der Waals surface area (Å²) in [6, 6.07) is 7.54. The lowest BCUT2D eigenvalue weighted by atomic mass is 10.1. The quantitative estimate of drug-likeness (QED) is 0.812. The van der Waals surface area contributed by atoms with E-state index in [9.17, 15) is 4.39 Å². The zero-order valence-corrected chi connectivity index (χ0v) is 11.4. The second-order valence-electron chi connectivity index (χ2n) is 3.68. The first-order valence-corrected chi connectivity index (χ1v) is 6.36. The molecule has 0 N–H and O–H groups in total. The summed E-state index contributed by atoms with van der Waals surface area (Å²) in [4.78, 5) is 7.68. The molecule has 1 aromatic heterocycles. The summed E-state index contributed by atoms with van der Waals surface area (Å²) in [6.07, 6.45) is 1.77. The molecule has 0 aliphatic heterocycles. The average molecular weight is 311 g/mol. The van der Waals surface area contributed by atoms with E-state index < -0.39 is 5.82 Å². The van der Waals surface area contributed by atoms with Crippen molar-refractivity contribution in [3.8, 4) is 5.75 Å². The molecule has 1 heterocycles. The molecular formula is C13H12BrFN2O. The van der Waals surface area contributed by atoms with E-state index in [0.717, 1.165) is 11.3 Å². The summed E-state index contributed by atoms with van der Waals surface area (Å²) >= 11 is 3.05. The van der Waals surface area contributed by atoms with Gasteiger partial charge in [0.25, 0.3) is 0 Å². The van der Waals surface area contributed by atoms with Gasteiger partial charge < -0.3 is 4.74 Å². The molecule has 18 heavy (non-hydrogen) atoms. The fourth-order valence-corrected chi connectivity index (χ4v) is 1.89. The molecule has 0 spiro atoms. The van der Waals surface area contributed by atoms with Crippen LogP contribution in [0, 0.1) is 5.82 Å². The third kappa shape index (κ3) is 3.04. The van der Waals surface area contributed by atoms with Crippen molar-refractivity contribution in [1.29, 1.82) is 0 Å². The molecule has 2 rings (SSSR count). The second-order valence-corrected chi connectivity index (χ2v) is 4.43. The Hall–Kier alpha value is -1.49. The fourth-order valence-electron chi connectivity index (χ4n) is 1.57. The molecule has 0 radical (unpaired) electrons. The van der Waals surface area contributed by atoms with Gasteiger partial charge in [0.15, 0.2) is 5.82 Å². The molecular weight excluding hydrogens is 299 g/mol. The van der Waals surface area contributed by atoms with Crippen LogP contribution in [-0.2, 0) is 6.42 Å². The largest absolute Gasteiger partial charge is 0.494 e. The summed E-state index contributed by atoms with van der Waals surface area (Å²) in [5.74, 6) is 0.400. The van der Waals surface area contributed by atoms with Crippen molar-refractivity contribution in [2.24, 2.45) is 0 Å². The summed E-state index contributed by atoms with van der Waals surface area (Å²) < 4.78 is 19.2. The number of rotatable bonds is 4. The predicted molar refractivity (Wildman–Crippen MR) is 70.1 cm³/mol. The van der Waals surface area contributed by atoms with E-state index in [1.54, 1.807) is 0 Å². The number of ether oxygens (including phenoxy) is 1. The Labute approximate surface area is 113 Å². The summed E-state index contributed by atoms with van der Waals surface area (Å²) in [7, 11) is 0. The summed E-state index contributed by atoms with van der Waals surface area (Å²) in [6.45, 7) is 2.56. The van der Waals surface area contributed by atoms with Crippen LogP contribution in [0.4, 0.5) is 4.39 Å². The highest BCUT2D eigenvalue weighted by atomic mass is 79.9. The number of halogens is 2. The maximum atomic E-state index is 13.7. The first-order valence-electron chi connectivity index (χ1n) is 5.57. The molecule has 1 aromatic carbocycles. The van der Waals surface area contributed by atoms with E-state index in [2.05, 4.69) is 25.9 Å². The van der Waals surface area contributed by atoms with E-state index >= 15 is 0 Å². The molecule has 0 atom stereocenters. The number of hydrogen-bond acceptors (Lipinski definition) is 3. The van der Waals surface area contributed by atoms with Gasteiger partial charge in [0.2, 0.25) is 0 Å². The Kier molecular flexibility index (Phi) is 4.25. The Morgan fingerprint density at radius 1 is 1.22 bits per heavy atom. The van der Waals surface area contributed by atoms with Crippen LogP contribution in [0.15, 0.2) is 35.2 Å². The Balaban J connectivity index is 2.16. The summed E-state index contributed by atoms with van der Waals surface area (Å²) in [5, 5.41) is 0. The van der Waals surface area contributed by atoms with Crippen LogP contribution < -0.4 is 4.74 Å². The first kappa shape index (κ1) is 13.0. The minimum atomic E-state index is -0.411. The Morgan fingerprint density at radius 2 is 1.94 bits per heavy atom. The molecule has 0 aliphatic carbocycles. The van der Waals surface area contributed by atoms with Gasteiger partial charge in [-0.25, -0.2) is 14.4 Å². The van der Waals surface area contributed by atoms with Crippen LogP contribution in [0.2, 0.25) is 0 Å². The number of aromatic nitrogens is 2. The monoisotopic (exact) mass is 310 g/mol. The lowest BCUT2D eigenvalue weighted by Gasteiger charge is -2.05. The van der Waals surface area contributed by atoms with Gasteiger partial charge in [0.05, 0.1) is 12.3 Å². The highest BCUT2D eigenvalue weighted by Crippen LogP contribution is 2.18. The van der Waals surface area contributed by atoms with E-state index in [1.165, 1.54) is 6.33 Å². The smallest absolute Gasteiger partial charge is 0.177 e. The number of hydrogen-bond donors (Lipinski definition) is 0. The minimum absolute atomic E-state index is 0.193. The van der Waals surface area contributed by atoms with Crippen LogP contribution in [0.25, 0.3) is 0 Å². The van der Waals surface area contributed by atoms with Gasteiger partial charge in [0.1, 0.15) is 16.7 Å². The molecule has 3 nitrogen and oxygen atoms in total. The van der Waals surface area contributed by atoms with Crippen molar-refractivity contribution in [3.63, 3.8) is 0 Å². The lowest BCUT2D eigenvalue weighted by molar-refractivity contribution is 0.340. The molecule has 0 saturated heterocycles. The van der Waals surface area contributed by atoms with Crippen molar-refractivity contribution in [3.05, 3.63) is 52.3 Å². The van der Waals surface area contributed by atoms with Gasteiger partial charge in [-0.05, 0) is 40.5 Å². The van der Waals surface area contributed by atoms with Crippen LogP contribution in [0.1, 0.15) is 18.2 Å². The second kappa shape index (κ2) is 5.91. The SMILES string of the molecule is CCOc1ccc(Cc2ncnc(Br)c2F)cc1. The standard InChI is InChI=1S/C13H12BrFN2O/c1-2-18-10-5-3-9(4-6-10)7-11-12(15)13(14)17-8-16-11/h3-6,8H,2,7H2,1H3. The van der Waals surface area contributed by atoms with Gasteiger partial charge in [-0.15, -0.1) is 0 Å². The number of nitrogens with zero attached hydrogens (tertiary/aromatic N) is 2. The van der Waals surface area contributed by atoms with E-state index in [1.807, 2.05) is 31.2 Å². The molecule has 0 saturated carbocycles. The maximum Gasteiger partial charge on any atom is 0.177 e. The van der Waals surface area contributed by atoms with Crippen molar-refractivity contribution < 1.29 is 9.13 Å². The third-order valence-corrected chi connectivity index (χ3v) is 2.98. The van der Waals surface area contributed by atoms with Gasteiger partial charge in [-0.2, -0.15) is 0 Å². The molecule has 0 aliphatic rings. The zero-order chi connectivity index (χ0) is 13.0. The minimum Gasteiger partial charge on any atom is -0.494 e. The summed E-state index contributed by atoms with van der Waals surface area (Å²) in [5.41, 5.74) is 1.35. The van der Waals surface area contributed by atoms with Gasteiger partial charge in [0, 0.05) is 6.42 Å². The fraction of sp³-hybridized carbons (Fsp3) is 0.231. The normalized spacial score (nSPS) is 10.4. The van der Waals surface area contributed by atoms with Crippen molar-refractivity contribution in [1.82, 2.24) is 9.97 Å². The maximum absolute atomic E-state index is 13.7. The topological polar surface area (TPSA) is 35.0 Å². The Bertz CT molecular complexity index is 531. The lowest BCUT2D eigenvalue weighted by Crippen LogP contribution is -1.99. The predicted octanol–water partition coefficient (Wildman–Crippen LogP) is 3.37. The van der Waals surface area contributed by atoms with Crippen LogP contribution in [0.3, 0.4) is 0 Å². The molecule has 94 valence electrons. The van der Waals surface area contributed by atoms with Crippen molar-refractivity contribution in [2.75, 3.05) is 6.61 Å². The average Bonchev–Trinajstić information content (AvgIpc) is 2.38. The van der Waals surface area contributed by atoms with Crippen molar-refractivity contribution in [2.45, 2.75) is 13.3 Å². The molecule has 0 unspecified atom stereocenters. The molecule has 0 bridgehead atoms. The Morgan fingerprint density at radius 3 is 2.61 bits per heavy atom. The molecule has 5 heteroatoms. The van der Waals surface area contributed by atoms with E-state index in [0.29, 0.717) is 18.7 Å². The first-order chi connectivity index (χ1) is 8.70. The zero-order valence-electron chi connectivity index (χ0n) is 9.86. The third-order valence-electron chi connectivity index (χ3n) is 2.43. The highest BCUT2D eigenvalue weighted by Gasteiger charge is 2.09. The van der Waals surface area contributed by atoms with Crippen LogP contribution in [-0.4, -0.2) is 16.6 Å².